The van der Waals surface area contributed by atoms with Crippen LogP contribution in [0.15, 0.2) is 23.1 Å². The topological polar surface area (TPSA) is 118 Å². The summed E-state index contributed by atoms with van der Waals surface area (Å²) in [5.74, 6) is 0. The van der Waals surface area contributed by atoms with Gasteiger partial charge in [-0.25, -0.2) is 13.6 Å². The molecule has 1 fully saturated rings. The molecule has 0 spiro atoms. The van der Waals surface area contributed by atoms with Gasteiger partial charge in [0.25, 0.3) is 0 Å². The molecule has 0 bridgehead atoms. The van der Waals surface area contributed by atoms with Crippen LogP contribution in [0.25, 0.3) is 0 Å². The van der Waals surface area contributed by atoms with Crippen molar-refractivity contribution in [2.45, 2.75) is 42.7 Å². The number of hydrogen-bond acceptors (Lipinski definition) is 5. The maximum Gasteiger partial charge on any atom is 0.240 e. The number of anilines is 2. The third kappa shape index (κ3) is 3.37. The zero-order valence-electron chi connectivity index (χ0n) is 10.5. The van der Waals surface area contributed by atoms with Gasteiger partial charge in [0.2, 0.25) is 10.0 Å². The number of hydrogen-bond donors (Lipinski definition) is 4. The minimum absolute atomic E-state index is 0.0368. The van der Waals surface area contributed by atoms with E-state index >= 15 is 0 Å². The summed E-state index contributed by atoms with van der Waals surface area (Å²) >= 11 is 0. The van der Waals surface area contributed by atoms with E-state index in [2.05, 4.69) is 5.32 Å². The Kier molecular flexibility index (Phi) is 3.98. The summed E-state index contributed by atoms with van der Waals surface area (Å²) in [6, 6.07) is 4.35. The van der Waals surface area contributed by atoms with Gasteiger partial charge in [0.05, 0.1) is 17.8 Å². The van der Waals surface area contributed by atoms with Crippen LogP contribution < -0.4 is 16.2 Å². The Morgan fingerprint density at radius 3 is 2.58 bits per heavy atom. The van der Waals surface area contributed by atoms with Gasteiger partial charge < -0.3 is 16.2 Å². The number of aliphatic hydroxyl groups is 1. The number of aliphatic hydroxyl groups excluding tert-OH is 1. The maximum absolute atomic E-state index is 11.5. The van der Waals surface area contributed by atoms with Crippen molar-refractivity contribution >= 4 is 21.4 Å². The summed E-state index contributed by atoms with van der Waals surface area (Å²) < 4.78 is 23.1. The Hall–Kier alpha value is -1.31. The number of benzene rings is 1. The molecule has 1 saturated carbocycles. The molecule has 0 aromatic heterocycles. The molecule has 0 aliphatic heterocycles. The highest BCUT2D eigenvalue weighted by atomic mass is 32.2. The summed E-state index contributed by atoms with van der Waals surface area (Å²) in [4.78, 5) is -0.0368. The molecule has 1 aliphatic carbocycles. The third-order valence-corrected chi connectivity index (χ3v) is 4.33. The van der Waals surface area contributed by atoms with Crippen molar-refractivity contribution in [1.29, 1.82) is 0 Å². The van der Waals surface area contributed by atoms with Crippen LogP contribution in [0.4, 0.5) is 11.4 Å². The Balaban J connectivity index is 2.29. The predicted molar refractivity (Wildman–Crippen MR) is 74.1 cm³/mol. The molecular formula is C12H19N3O3S. The highest BCUT2D eigenvalue weighted by Crippen LogP contribution is 2.27. The lowest BCUT2D eigenvalue weighted by Crippen LogP contribution is -2.36. The molecule has 106 valence electrons. The largest absolute Gasteiger partial charge is 0.399 e. The van der Waals surface area contributed by atoms with Gasteiger partial charge in [0, 0.05) is 5.69 Å². The number of primary sulfonamides is 1. The first-order chi connectivity index (χ1) is 8.88. The highest BCUT2D eigenvalue weighted by molar-refractivity contribution is 7.89. The molecule has 7 heteroatoms. The van der Waals surface area contributed by atoms with Crippen molar-refractivity contribution < 1.29 is 13.5 Å². The number of rotatable bonds is 3. The van der Waals surface area contributed by atoms with Crippen LogP contribution in [0, 0.1) is 0 Å². The fraction of sp³-hybridized carbons (Fsp3) is 0.500. The van der Waals surface area contributed by atoms with Gasteiger partial charge in [-0.2, -0.15) is 0 Å². The smallest absolute Gasteiger partial charge is 0.240 e. The van der Waals surface area contributed by atoms with E-state index in [4.69, 9.17) is 10.9 Å². The zero-order valence-corrected chi connectivity index (χ0v) is 11.4. The Morgan fingerprint density at radius 1 is 1.26 bits per heavy atom. The fourth-order valence-corrected chi connectivity index (χ4v) is 3.11. The SMILES string of the molecule is Nc1ccc(NC2CCCCC2O)c(S(N)(=O)=O)c1. The fourth-order valence-electron chi connectivity index (χ4n) is 2.37. The van der Waals surface area contributed by atoms with Crippen LogP contribution in [0.2, 0.25) is 0 Å². The standard InChI is InChI=1S/C12H19N3O3S/c13-8-5-6-10(12(7-8)19(14,17)18)15-9-3-1-2-4-11(9)16/h5-7,9,11,15-16H,1-4,13H2,(H2,14,17,18). The first-order valence-electron chi connectivity index (χ1n) is 6.25. The quantitative estimate of drug-likeness (QED) is 0.607. The molecular weight excluding hydrogens is 266 g/mol. The minimum atomic E-state index is -3.85. The van der Waals surface area contributed by atoms with E-state index in [9.17, 15) is 13.5 Å². The monoisotopic (exact) mass is 285 g/mol. The van der Waals surface area contributed by atoms with Crippen LogP contribution in [-0.4, -0.2) is 25.7 Å². The van der Waals surface area contributed by atoms with Gasteiger partial charge in [0.15, 0.2) is 0 Å². The predicted octanol–water partition coefficient (Wildman–Crippen LogP) is 0.632. The molecule has 0 radical (unpaired) electrons. The summed E-state index contributed by atoms with van der Waals surface area (Å²) in [5.41, 5.74) is 6.31. The molecule has 2 rings (SSSR count). The second-order valence-electron chi connectivity index (χ2n) is 4.90. The Morgan fingerprint density at radius 2 is 1.95 bits per heavy atom. The third-order valence-electron chi connectivity index (χ3n) is 3.38. The van der Waals surface area contributed by atoms with E-state index < -0.39 is 16.1 Å². The normalized spacial score (nSPS) is 24.1. The maximum atomic E-state index is 11.5. The molecule has 1 aliphatic rings. The van der Waals surface area contributed by atoms with Crippen LogP contribution in [0.3, 0.4) is 0 Å². The molecule has 2 atom stereocenters. The van der Waals surface area contributed by atoms with Crippen molar-refractivity contribution in [2.75, 3.05) is 11.1 Å². The number of sulfonamides is 1. The minimum Gasteiger partial charge on any atom is -0.399 e. The van der Waals surface area contributed by atoms with Gasteiger partial charge in [-0.1, -0.05) is 12.8 Å². The van der Waals surface area contributed by atoms with Crippen molar-refractivity contribution in [3.63, 3.8) is 0 Å². The molecule has 1 aromatic carbocycles. The molecule has 0 saturated heterocycles. The van der Waals surface area contributed by atoms with Crippen molar-refractivity contribution in [3.8, 4) is 0 Å². The van der Waals surface area contributed by atoms with Crippen LogP contribution >= 0.6 is 0 Å². The molecule has 0 heterocycles. The van der Waals surface area contributed by atoms with Gasteiger partial charge in [0.1, 0.15) is 4.90 Å². The summed E-state index contributed by atoms with van der Waals surface area (Å²) in [6.07, 6.45) is 3.05. The lowest BCUT2D eigenvalue weighted by Gasteiger charge is -2.29. The van der Waals surface area contributed by atoms with Gasteiger partial charge in [-0.3, -0.25) is 0 Å². The number of nitrogen functional groups attached to an aromatic ring is 1. The average Bonchev–Trinajstić information content (AvgIpc) is 2.33. The van der Waals surface area contributed by atoms with E-state index in [-0.39, 0.29) is 10.9 Å². The highest BCUT2D eigenvalue weighted by Gasteiger charge is 2.25. The van der Waals surface area contributed by atoms with Crippen LogP contribution in [0.1, 0.15) is 25.7 Å². The first kappa shape index (κ1) is 14.1. The first-order valence-corrected chi connectivity index (χ1v) is 7.79. The van der Waals surface area contributed by atoms with E-state index in [0.717, 1.165) is 25.7 Å². The van der Waals surface area contributed by atoms with E-state index in [1.165, 1.54) is 6.07 Å². The van der Waals surface area contributed by atoms with Gasteiger partial charge >= 0.3 is 0 Å². The second kappa shape index (κ2) is 5.36. The van der Waals surface area contributed by atoms with Gasteiger partial charge in [-0.05, 0) is 31.0 Å². The molecule has 1 aromatic rings. The van der Waals surface area contributed by atoms with Gasteiger partial charge in [-0.15, -0.1) is 0 Å². The molecule has 0 amide bonds. The lowest BCUT2D eigenvalue weighted by atomic mass is 9.92. The Bertz CT molecular complexity index is 559. The van der Waals surface area contributed by atoms with Crippen molar-refractivity contribution in [2.24, 2.45) is 5.14 Å². The number of nitrogens with two attached hydrogens (primary N) is 2. The van der Waals surface area contributed by atoms with Crippen molar-refractivity contribution in [3.05, 3.63) is 18.2 Å². The lowest BCUT2D eigenvalue weighted by molar-refractivity contribution is 0.116. The summed E-state index contributed by atoms with van der Waals surface area (Å²) in [6.45, 7) is 0. The van der Waals surface area contributed by atoms with E-state index in [0.29, 0.717) is 11.4 Å². The Labute approximate surface area is 112 Å². The zero-order chi connectivity index (χ0) is 14.0. The van der Waals surface area contributed by atoms with Crippen LogP contribution in [0.5, 0.6) is 0 Å². The molecule has 6 nitrogen and oxygen atoms in total. The summed E-state index contributed by atoms with van der Waals surface area (Å²) in [7, 11) is -3.85. The van der Waals surface area contributed by atoms with E-state index in [1.807, 2.05) is 0 Å². The van der Waals surface area contributed by atoms with Crippen molar-refractivity contribution in [1.82, 2.24) is 0 Å². The second-order valence-corrected chi connectivity index (χ2v) is 6.43. The summed E-state index contributed by atoms with van der Waals surface area (Å²) in [5, 5.41) is 18.2. The van der Waals surface area contributed by atoms with Crippen LogP contribution in [-0.2, 0) is 10.0 Å². The molecule has 6 N–H and O–H groups in total. The molecule has 2 unspecified atom stereocenters. The molecule has 19 heavy (non-hydrogen) atoms. The van der Waals surface area contributed by atoms with E-state index in [1.54, 1.807) is 12.1 Å². The average molecular weight is 285 g/mol. The number of nitrogens with one attached hydrogen (secondary N) is 1.